The summed E-state index contributed by atoms with van der Waals surface area (Å²) in [6.07, 6.45) is -0.0335. The molecule has 0 aromatic heterocycles. The topological polar surface area (TPSA) is 70.7 Å². The summed E-state index contributed by atoms with van der Waals surface area (Å²) in [4.78, 5) is 28.0. The Bertz CT molecular complexity index is 1040. The van der Waals surface area contributed by atoms with Gasteiger partial charge < -0.3 is 15.4 Å². The number of nitrogens with one attached hydrogen (secondary N) is 2. The lowest BCUT2D eigenvalue weighted by atomic mass is 9.82. The minimum atomic E-state index is -0.954. The van der Waals surface area contributed by atoms with Gasteiger partial charge in [0.1, 0.15) is 11.1 Å². The summed E-state index contributed by atoms with van der Waals surface area (Å²) >= 11 is 9.77. The average molecular weight is 537 g/mol. The highest BCUT2D eigenvalue weighted by Gasteiger charge is 2.51. The summed E-state index contributed by atoms with van der Waals surface area (Å²) in [6.45, 7) is 10.4. The van der Waals surface area contributed by atoms with Crippen molar-refractivity contribution in [1.29, 1.82) is 0 Å². The molecule has 2 N–H and O–H groups in total. The van der Waals surface area contributed by atoms with Crippen LogP contribution in [0.1, 0.15) is 45.7 Å². The Morgan fingerprint density at radius 2 is 1.97 bits per heavy atom. The summed E-state index contributed by atoms with van der Waals surface area (Å²) in [5.74, 6) is -0.0958. The van der Waals surface area contributed by atoms with Gasteiger partial charge in [0.2, 0.25) is 5.91 Å². The SMILES string of the molecule is CC(C)N(CCNC(=O)OC(C)(C)C)C1(Cc2cccc(Cl)c2)C(=O)Nc2cc(Br)ccc21. The highest BCUT2D eigenvalue weighted by molar-refractivity contribution is 9.10. The molecule has 6 nitrogen and oxygen atoms in total. The molecule has 2 amide bonds. The van der Waals surface area contributed by atoms with Crippen LogP contribution in [0.2, 0.25) is 5.02 Å². The van der Waals surface area contributed by atoms with Gasteiger partial charge in [-0.1, -0.05) is 45.7 Å². The molecule has 33 heavy (non-hydrogen) atoms. The summed E-state index contributed by atoms with van der Waals surface area (Å²) in [5.41, 5.74) is 1.11. The van der Waals surface area contributed by atoms with E-state index >= 15 is 0 Å². The lowest BCUT2D eigenvalue weighted by molar-refractivity contribution is -0.129. The first-order chi connectivity index (χ1) is 15.4. The number of fused-ring (bicyclic) bond motifs is 1. The zero-order valence-corrected chi connectivity index (χ0v) is 22.0. The fourth-order valence-electron chi connectivity index (χ4n) is 4.32. The van der Waals surface area contributed by atoms with Crippen molar-refractivity contribution < 1.29 is 14.3 Å². The third-order valence-corrected chi connectivity index (χ3v) is 6.26. The van der Waals surface area contributed by atoms with E-state index in [-0.39, 0.29) is 11.9 Å². The molecule has 0 saturated carbocycles. The number of hydrogen-bond donors (Lipinski definition) is 2. The van der Waals surface area contributed by atoms with E-state index < -0.39 is 17.2 Å². The fourth-order valence-corrected chi connectivity index (χ4v) is 4.89. The van der Waals surface area contributed by atoms with Gasteiger partial charge in [-0.05, 0) is 64.4 Å². The van der Waals surface area contributed by atoms with Crippen molar-refractivity contribution in [1.82, 2.24) is 10.2 Å². The Kier molecular flexibility index (Phi) is 7.76. The zero-order valence-electron chi connectivity index (χ0n) is 19.7. The quantitative estimate of drug-likeness (QED) is 0.474. The summed E-state index contributed by atoms with van der Waals surface area (Å²) in [6, 6.07) is 13.5. The Balaban J connectivity index is 1.97. The predicted molar refractivity (Wildman–Crippen MR) is 136 cm³/mol. The molecule has 0 radical (unpaired) electrons. The average Bonchev–Trinajstić information content (AvgIpc) is 2.94. The van der Waals surface area contributed by atoms with E-state index in [1.54, 1.807) is 0 Å². The largest absolute Gasteiger partial charge is 0.444 e. The van der Waals surface area contributed by atoms with Gasteiger partial charge in [-0.25, -0.2) is 4.79 Å². The van der Waals surface area contributed by atoms with Crippen LogP contribution >= 0.6 is 27.5 Å². The van der Waals surface area contributed by atoms with E-state index in [1.807, 2.05) is 63.2 Å². The smallest absolute Gasteiger partial charge is 0.407 e. The Labute approximate surface area is 209 Å². The highest BCUT2D eigenvalue weighted by atomic mass is 79.9. The van der Waals surface area contributed by atoms with Gasteiger partial charge in [-0.2, -0.15) is 0 Å². The molecule has 0 saturated heterocycles. The van der Waals surface area contributed by atoms with E-state index in [1.165, 1.54) is 0 Å². The Morgan fingerprint density at radius 3 is 2.61 bits per heavy atom. The van der Waals surface area contributed by atoms with Crippen LogP contribution < -0.4 is 10.6 Å². The first-order valence-electron chi connectivity index (χ1n) is 11.0. The second-order valence-electron chi connectivity index (χ2n) is 9.53. The van der Waals surface area contributed by atoms with Gasteiger partial charge >= 0.3 is 6.09 Å². The maximum atomic E-state index is 13.7. The molecular weight excluding hydrogens is 506 g/mol. The van der Waals surface area contributed by atoms with Crippen molar-refractivity contribution >= 4 is 45.2 Å². The standard InChI is InChI=1S/C25H31BrClN3O3/c1-16(2)30(12-11-28-23(32)33-24(3,4)5)25(15-17-7-6-8-19(27)13-17)20-10-9-18(26)14-21(20)29-22(25)31/h6-10,13-14,16H,11-12,15H2,1-5H3,(H,28,32)(H,29,31). The number of amides is 2. The van der Waals surface area contributed by atoms with Crippen LogP contribution in [-0.4, -0.2) is 41.6 Å². The monoisotopic (exact) mass is 535 g/mol. The normalized spacial score (nSPS) is 17.8. The second kappa shape index (κ2) is 10.0. The number of carbonyl (C=O) groups is 2. The number of rotatable bonds is 7. The van der Waals surface area contributed by atoms with Crippen molar-refractivity contribution in [2.75, 3.05) is 18.4 Å². The second-order valence-corrected chi connectivity index (χ2v) is 10.9. The number of alkyl carbamates (subject to hydrolysis) is 1. The lowest BCUT2D eigenvalue weighted by Crippen LogP contribution is -2.57. The third kappa shape index (κ3) is 5.89. The maximum absolute atomic E-state index is 13.7. The van der Waals surface area contributed by atoms with Crippen molar-refractivity contribution in [3.8, 4) is 0 Å². The number of nitrogens with zero attached hydrogens (tertiary/aromatic N) is 1. The molecule has 178 valence electrons. The number of benzene rings is 2. The van der Waals surface area contributed by atoms with Crippen LogP contribution in [0.3, 0.4) is 0 Å². The first kappa shape index (κ1) is 25.5. The molecule has 8 heteroatoms. The van der Waals surface area contributed by atoms with Crippen LogP contribution in [-0.2, 0) is 21.5 Å². The van der Waals surface area contributed by atoms with Crippen molar-refractivity contribution in [2.45, 2.75) is 58.2 Å². The first-order valence-corrected chi connectivity index (χ1v) is 12.2. The van der Waals surface area contributed by atoms with E-state index in [0.717, 1.165) is 21.3 Å². The molecule has 1 heterocycles. The van der Waals surface area contributed by atoms with Gasteiger partial charge in [-0.3, -0.25) is 9.69 Å². The number of carbonyl (C=O) groups excluding carboxylic acids is 2. The maximum Gasteiger partial charge on any atom is 0.407 e. The number of halogens is 2. The molecule has 0 bridgehead atoms. The van der Waals surface area contributed by atoms with Crippen molar-refractivity contribution in [3.63, 3.8) is 0 Å². The molecule has 3 rings (SSSR count). The van der Waals surface area contributed by atoms with E-state index in [0.29, 0.717) is 24.5 Å². The fraction of sp³-hybridized carbons (Fsp3) is 0.440. The van der Waals surface area contributed by atoms with Gasteiger partial charge in [0.05, 0.1) is 0 Å². The Morgan fingerprint density at radius 1 is 1.24 bits per heavy atom. The molecule has 2 aromatic carbocycles. The van der Waals surface area contributed by atoms with Gasteiger partial charge in [0.15, 0.2) is 0 Å². The molecule has 1 unspecified atom stereocenters. The van der Waals surface area contributed by atoms with Crippen LogP contribution in [0, 0.1) is 0 Å². The molecule has 0 spiro atoms. The van der Waals surface area contributed by atoms with E-state index in [9.17, 15) is 9.59 Å². The molecule has 0 aliphatic carbocycles. The van der Waals surface area contributed by atoms with Crippen molar-refractivity contribution in [3.05, 3.63) is 63.1 Å². The zero-order chi connectivity index (χ0) is 24.4. The minimum Gasteiger partial charge on any atom is -0.444 e. The van der Waals surface area contributed by atoms with E-state index in [4.69, 9.17) is 16.3 Å². The van der Waals surface area contributed by atoms with E-state index in [2.05, 4.69) is 45.3 Å². The summed E-state index contributed by atoms with van der Waals surface area (Å²) in [7, 11) is 0. The molecule has 1 aliphatic heterocycles. The molecule has 1 atom stereocenters. The van der Waals surface area contributed by atoms with Crippen LogP contribution in [0.5, 0.6) is 0 Å². The molecule has 1 aliphatic rings. The number of anilines is 1. The van der Waals surface area contributed by atoms with Crippen LogP contribution in [0.15, 0.2) is 46.9 Å². The lowest BCUT2D eigenvalue weighted by Gasteiger charge is -2.42. The van der Waals surface area contributed by atoms with Gasteiger partial charge in [-0.15, -0.1) is 0 Å². The Hall–Kier alpha value is -2.09. The third-order valence-electron chi connectivity index (χ3n) is 5.53. The number of hydrogen-bond acceptors (Lipinski definition) is 4. The minimum absolute atomic E-state index is 0.0185. The van der Waals surface area contributed by atoms with Gasteiger partial charge in [0, 0.05) is 46.3 Å². The molecule has 2 aromatic rings. The summed E-state index contributed by atoms with van der Waals surface area (Å²) in [5, 5.41) is 6.52. The van der Waals surface area contributed by atoms with Crippen molar-refractivity contribution in [2.24, 2.45) is 0 Å². The van der Waals surface area contributed by atoms with Crippen LogP contribution in [0.25, 0.3) is 0 Å². The van der Waals surface area contributed by atoms with Crippen LogP contribution in [0.4, 0.5) is 10.5 Å². The summed E-state index contributed by atoms with van der Waals surface area (Å²) < 4.78 is 6.25. The number of ether oxygens (including phenoxy) is 1. The molecular formula is C25H31BrClN3O3. The van der Waals surface area contributed by atoms with Gasteiger partial charge in [0.25, 0.3) is 0 Å². The molecule has 0 fully saturated rings. The highest BCUT2D eigenvalue weighted by Crippen LogP contribution is 2.45. The predicted octanol–water partition coefficient (Wildman–Crippen LogP) is 5.73.